The van der Waals surface area contributed by atoms with Crippen LogP contribution in [0.2, 0.25) is 0 Å². The van der Waals surface area contributed by atoms with Crippen molar-refractivity contribution in [3.05, 3.63) is 78.1 Å². The van der Waals surface area contributed by atoms with E-state index < -0.39 is 0 Å². The molecule has 0 saturated heterocycles. The SMILES string of the molecule is CC1C(=O)Nc2ccc(NC(=O)c3ccc(-n4cccc4)cc3)cc21. The number of carbonyl (C=O) groups excluding carboxylic acids is 2. The third-order valence-corrected chi connectivity index (χ3v) is 4.46. The van der Waals surface area contributed by atoms with Gasteiger partial charge in [0.25, 0.3) is 5.91 Å². The van der Waals surface area contributed by atoms with E-state index in [9.17, 15) is 9.59 Å². The van der Waals surface area contributed by atoms with E-state index in [4.69, 9.17) is 0 Å². The maximum Gasteiger partial charge on any atom is 0.255 e. The van der Waals surface area contributed by atoms with Crippen LogP contribution in [-0.2, 0) is 4.79 Å². The Morgan fingerprint density at radius 3 is 2.52 bits per heavy atom. The number of aromatic nitrogens is 1. The number of anilines is 2. The topological polar surface area (TPSA) is 63.1 Å². The number of benzene rings is 2. The maximum atomic E-state index is 12.5. The molecule has 0 aliphatic carbocycles. The Hall–Kier alpha value is -3.34. The van der Waals surface area contributed by atoms with Gasteiger partial charge in [0.2, 0.25) is 5.91 Å². The van der Waals surface area contributed by atoms with Crippen LogP contribution in [0.5, 0.6) is 0 Å². The second kappa shape index (κ2) is 5.94. The molecule has 1 aliphatic rings. The molecule has 0 fully saturated rings. The lowest BCUT2D eigenvalue weighted by molar-refractivity contribution is -0.116. The lowest BCUT2D eigenvalue weighted by Crippen LogP contribution is -2.12. The molecule has 0 radical (unpaired) electrons. The predicted molar refractivity (Wildman–Crippen MR) is 97.2 cm³/mol. The zero-order valence-corrected chi connectivity index (χ0v) is 13.7. The highest BCUT2D eigenvalue weighted by Crippen LogP contribution is 2.34. The first kappa shape index (κ1) is 15.2. The third kappa shape index (κ3) is 2.80. The van der Waals surface area contributed by atoms with Crippen LogP contribution >= 0.6 is 0 Å². The monoisotopic (exact) mass is 331 g/mol. The largest absolute Gasteiger partial charge is 0.325 e. The highest BCUT2D eigenvalue weighted by molar-refractivity contribution is 6.06. The van der Waals surface area contributed by atoms with E-state index in [-0.39, 0.29) is 17.7 Å². The molecule has 5 heteroatoms. The normalized spacial score (nSPS) is 15.6. The standard InChI is InChI=1S/C20H17N3O2/c1-13-17-12-15(6-9-18(17)22-19(13)24)21-20(25)14-4-7-16(8-5-14)23-10-2-3-11-23/h2-13H,1H3,(H,21,25)(H,22,24). The predicted octanol–water partition coefficient (Wildman–Crippen LogP) is 3.79. The Bertz CT molecular complexity index is 944. The van der Waals surface area contributed by atoms with E-state index in [1.165, 1.54) is 0 Å². The lowest BCUT2D eigenvalue weighted by Gasteiger charge is -2.09. The van der Waals surface area contributed by atoms with E-state index >= 15 is 0 Å². The average Bonchev–Trinajstić information content (AvgIpc) is 3.25. The molecule has 2 aromatic carbocycles. The summed E-state index contributed by atoms with van der Waals surface area (Å²) in [6.07, 6.45) is 3.91. The van der Waals surface area contributed by atoms with Gasteiger partial charge in [0, 0.05) is 35.0 Å². The van der Waals surface area contributed by atoms with Gasteiger partial charge >= 0.3 is 0 Å². The summed E-state index contributed by atoms with van der Waals surface area (Å²) in [6, 6.07) is 16.8. The van der Waals surface area contributed by atoms with Gasteiger partial charge in [-0.05, 0) is 67.1 Å². The van der Waals surface area contributed by atoms with Crippen LogP contribution in [0.4, 0.5) is 11.4 Å². The molecule has 124 valence electrons. The van der Waals surface area contributed by atoms with Gasteiger partial charge in [0.15, 0.2) is 0 Å². The van der Waals surface area contributed by atoms with E-state index in [1.54, 1.807) is 18.2 Å². The van der Waals surface area contributed by atoms with Gasteiger partial charge in [-0.25, -0.2) is 0 Å². The maximum absolute atomic E-state index is 12.5. The Balaban J connectivity index is 1.52. The fraction of sp³-hybridized carbons (Fsp3) is 0.100. The fourth-order valence-corrected chi connectivity index (χ4v) is 2.99. The van der Waals surface area contributed by atoms with Crippen molar-refractivity contribution < 1.29 is 9.59 Å². The van der Waals surface area contributed by atoms with Crippen molar-refractivity contribution in [2.45, 2.75) is 12.8 Å². The number of rotatable bonds is 3. The van der Waals surface area contributed by atoms with Gasteiger partial charge in [-0.3, -0.25) is 9.59 Å². The van der Waals surface area contributed by atoms with Crippen LogP contribution in [0.1, 0.15) is 28.8 Å². The van der Waals surface area contributed by atoms with Gasteiger partial charge in [-0.1, -0.05) is 0 Å². The van der Waals surface area contributed by atoms with Crippen molar-refractivity contribution in [3.63, 3.8) is 0 Å². The molecule has 2 amide bonds. The van der Waals surface area contributed by atoms with Gasteiger partial charge in [0.05, 0.1) is 5.92 Å². The van der Waals surface area contributed by atoms with Crippen LogP contribution < -0.4 is 10.6 Å². The minimum atomic E-state index is -0.201. The number of carbonyl (C=O) groups is 2. The summed E-state index contributed by atoms with van der Waals surface area (Å²) in [5.41, 5.74) is 3.98. The van der Waals surface area contributed by atoms with Crippen molar-refractivity contribution >= 4 is 23.2 Å². The second-order valence-corrected chi connectivity index (χ2v) is 6.10. The molecule has 5 nitrogen and oxygen atoms in total. The minimum absolute atomic E-state index is 0.0147. The van der Waals surface area contributed by atoms with Crippen LogP contribution in [-0.4, -0.2) is 16.4 Å². The number of fused-ring (bicyclic) bond motifs is 1. The highest BCUT2D eigenvalue weighted by Gasteiger charge is 2.26. The Morgan fingerprint density at radius 2 is 1.80 bits per heavy atom. The molecular formula is C20H17N3O2. The summed E-state index contributed by atoms with van der Waals surface area (Å²) in [5, 5.41) is 5.72. The first-order chi connectivity index (χ1) is 12.1. The number of nitrogens with zero attached hydrogens (tertiary/aromatic N) is 1. The Kier molecular flexibility index (Phi) is 3.61. The number of hydrogen-bond acceptors (Lipinski definition) is 2. The smallest absolute Gasteiger partial charge is 0.255 e. The number of nitrogens with one attached hydrogen (secondary N) is 2. The first-order valence-electron chi connectivity index (χ1n) is 8.11. The van der Waals surface area contributed by atoms with Gasteiger partial charge < -0.3 is 15.2 Å². The number of hydrogen-bond donors (Lipinski definition) is 2. The minimum Gasteiger partial charge on any atom is -0.325 e. The first-order valence-corrected chi connectivity index (χ1v) is 8.11. The molecule has 4 rings (SSSR count). The van der Waals surface area contributed by atoms with Crippen molar-refractivity contribution in [1.29, 1.82) is 0 Å². The van der Waals surface area contributed by atoms with Crippen molar-refractivity contribution in [2.75, 3.05) is 10.6 Å². The van der Waals surface area contributed by atoms with Gasteiger partial charge in [0.1, 0.15) is 0 Å². The molecule has 2 N–H and O–H groups in total. The fourth-order valence-electron chi connectivity index (χ4n) is 2.99. The molecule has 0 bridgehead atoms. The summed E-state index contributed by atoms with van der Waals surface area (Å²) >= 11 is 0. The molecule has 0 spiro atoms. The van der Waals surface area contributed by atoms with E-state index in [0.29, 0.717) is 11.3 Å². The molecule has 25 heavy (non-hydrogen) atoms. The highest BCUT2D eigenvalue weighted by atomic mass is 16.2. The van der Waals surface area contributed by atoms with E-state index in [0.717, 1.165) is 16.9 Å². The third-order valence-electron chi connectivity index (χ3n) is 4.46. The molecule has 1 atom stereocenters. The quantitative estimate of drug-likeness (QED) is 0.767. The second-order valence-electron chi connectivity index (χ2n) is 6.10. The Morgan fingerprint density at radius 1 is 1.08 bits per heavy atom. The summed E-state index contributed by atoms with van der Waals surface area (Å²) in [4.78, 5) is 24.2. The van der Waals surface area contributed by atoms with Crippen molar-refractivity contribution in [3.8, 4) is 5.69 Å². The molecular weight excluding hydrogens is 314 g/mol. The zero-order chi connectivity index (χ0) is 17.4. The van der Waals surface area contributed by atoms with Crippen molar-refractivity contribution in [1.82, 2.24) is 4.57 Å². The van der Waals surface area contributed by atoms with Crippen LogP contribution in [0.25, 0.3) is 5.69 Å². The lowest BCUT2D eigenvalue weighted by atomic mass is 10.0. The summed E-state index contributed by atoms with van der Waals surface area (Å²) < 4.78 is 1.98. The van der Waals surface area contributed by atoms with E-state index in [1.807, 2.05) is 60.3 Å². The van der Waals surface area contributed by atoms with E-state index in [2.05, 4.69) is 10.6 Å². The van der Waals surface area contributed by atoms with Crippen LogP contribution in [0.15, 0.2) is 67.0 Å². The summed E-state index contributed by atoms with van der Waals surface area (Å²) in [5.74, 6) is -0.393. The van der Waals surface area contributed by atoms with Gasteiger partial charge in [-0.2, -0.15) is 0 Å². The molecule has 0 saturated carbocycles. The summed E-state index contributed by atoms with van der Waals surface area (Å²) in [6.45, 7) is 1.85. The van der Waals surface area contributed by atoms with Crippen LogP contribution in [0.3, 0.4) is 0 Å². The molecule has 1 unspecified atom stereocenters. The van der Waals surface area contributed by atoms with Crippen molar-refractivity contribution in [2.24, 2.45) is 0 Å². The molecule has 1 aromatic heterocycles. The zero-order valence-electron chi connectivity index (χ0n) is 13.7. The van der Waals surface area contributed by atoms with Gasteiger partial charge in [-0.15, -0.1) is 0 Å². The molecule has 2 heterocycles. The number of amides is 2. The Labute approximate surface area is 145 Å². The summed E-state index contributed by atoms with van der Waals surface area (Å²) in [7, 11) is 0. The average molecular weight is 331 g/mol. The van der Waals surface area contributed by atoms with Crippen LogP contribution in [0, 0.1) is 0 Å². The molecule has 3 aromatic rings. The molecule has 1 aliphatic heterocycles.